The number of nitrogens with zero attached hydrogens (tertiary/aromatic N) is 4. The minimum absolute atomic E-state index is 0.142. The molecule has 8 heteroatoms. The van der Waals surface area contributed by atoms with Gasteiger partial charge in [-0.25, -0.2) is 19.4 Å². The minimum atomic E-state index is -0.356. The molecule has 1 aromatic heterocycles. The number of ether oxygens (including phenoxy) is 3. The number of hydrogen-bond donors (Lipinski definition) is 0. The molecule has 0 unspecified atom stereocenters. The fraction of sp³-hybridized carbons (Fsp3) is 0.571. The highest BCUT2D eigenvalue weighted by Crippen LogP contribution is 2.33. The number of hydrogen-bond acceptors (Lipinski definition) is 6. The summed E-state index contributed by atoms with van der Waals surface area (Å²) in [6.45, 7) is 12.2. The van der Waals surface area contributed by atoms with Gasteiger partial charge in [-0.2, -0.15) is 0 Å². The van der Waals surface area contributed by atoms with Gasteiger partial charge >= 0.3 is 0 Å². The lowest BCUT2D eigenvalue weighted by molar-refractivity contribution is 0.00882. The lowest BCUT2D eigenvalue weighted by Gasteiger charge is -2.36. The minimum Gasteiger partial charge on any atom is -0.484 e. The van der Waals surface area contributed by atoms with Crippen molar-refractivity contribution in [3.63, 3.8) is 0 Å². The molecule has 158 valence electrons. The molecule has 3 heterocycles. The van der Waals surface area contributed by atoms with Crippen LogP contribution in [0.4, 0.5) is 4.39 Å². The van der Waals surface area contributed by atoms with Crippen LogP contribution in [0.1, 0.15) is 45.3 Å². The monoisotopic (exact) mass is 404 g/mol. The summed E-state index contributed by atoms with van der Waals surface area (Å²) in [4.78, 5) is 14.6. The largest absolute Gasteiger partial charge is 0.484 e. The highest BCUT2D eigenvalue weighted by Gasteiger charge is 2.28. The molecule has 0 amide bonds. The maximum Gasteiger partial charge on any atom is 0.257 e. The molecule has 3 rings (SSSR count). The Morgan fingerprint density at radius 1 is 1.38 bits per heavy atom. The molecule has 0 N–H and O–H groups in total. The molecule has 1 saturated heterocycles. The number of likely N-dealkylation sites (tertiary alicyclic amines) is 1. The van der Waals surface area contributed by atoms with Crippen LogP contribution in [-0.4, -0.2) is 61.5 Å². The number of amidine groups is 1. The summed E-state index contributed by atoms with van der Waals surface area (Å²) in [6, 6.07) is 1.24. The summed E-state index contributed by atoms with van der Waals surface area (Å²) >= 11 is 0. The van der Waals surface area contributed by atoms with E-state index in [1.807, 2.05) is 13.8 Å². The Morgan fingerprint density at radius 3 is 2.83 bits per heavy atom. The quantitative estimate of drug-likeness (QED) is 0.536. The first-order chi connectivity index (χ1) is 14.0. The fourth-order valence-corrected chi connectivity index (χ4v) is 3.39. The van der Waals surface area contributed by atoms with Gasteiger partial charge in [0.25, 0.3) is 5.88 Å². The fourth-order valence-electron chi connectivity index (χ4n) is 3.39. The summed E-state index contributed by atoms with van der Waals surface area (Å²) in [7, 11) is 0. The Hall–Kier alpha value is -2.32. The molecule has 0 radical (unpaired) electrons. The summed E-state index contributed by atoms with van der Waals surface area (Å²) in [5.74, 6) is 1.03. The average Bonchev–Trinajstić information content (AvgIpc) is 2.75. The van der Waals surface area contributed by atoms with Gasteiger partial charge in [0.1, 0.15) is 24.9 Å². The number of aromatic nitrogens is 1. The van der Waals surface area contributed by atoms with Crippen LogP contribution in [0.2, 0.25) is 0 Å². The zero-order chi connectivity index (χ0) is 20.8. The van der Waals surface area contributed by atoms with Crippen molar-refractivity contribution in [2.45, 2.75) is 45.8 Å². The van der Waals surface area contributed by atoms with Gasteiger partial charge in [0.2, 0.25) is 0 Å². The van der Waals surface area contributed by atoms with Crippen molar-refractivity contribution in [1.29, 1.82) is 0 Å². The molecular weight excluding hydrogens is 375 g/mol. The first-order valence-corrected chi connectivity index (χ1v) is 9.96. The molecule has 1 atom stereocenters. The summed E-state index contributed by atoms with van der Waals surface area (Å²) in [6.07, 6.45) is 3.72. The second-order valence-corrected chi connectivity index (χ2v) is 7.39. The first-order valence-electron chi connectivity index (χ1n) is 9.96. The van der Waals surface area contributed by atoms with Gasteiger partial charge in [-0.3, -0.25) is 4.90 Å². The third-order valence-electron chi connectivity index (χ3n) is 5.18. The molecule has 0 spiro atoms. The predicted octanol–water partition coefficient (Wildman–Crippen LogP) is 3.56. The van der Waals surface area contributed by atoms with Crippen LogP contribution in [0.3, 0.4) is 0 Å². The van der Waals surface area contributed by atoms with Crippen LogP contribution < -0.4 is 9.47 Å². The van der Waals surface area contributed by atoms with Crippen molar-refractivity contribution in [3.8, 4) is 11.6 Å². The Kier molecular flexibility index (Phi) is 7.33. The zero-order valence-electron chi connectivity index (χ0n) is 17.4. The van der Waals surface area contributed by atoms with Crippen molar-refractivity contribution in [1.82, 2.24) is 9.88 Å². The molecule has 0 aromatic carbocycles. The normalized spacial score (nSPS) is 19.9. The van der Waals surface area contributed by atoms with Gasteiger partial charge in [0, 0.05) is 25.4 Å². The molecule has 1 aromatic rings. The molecule has 0 bridgehead atoms. The molecule has 0 saturated carbocycles. The Bertz CT molecular complexity index is 788. The van der Waals surface area contributed by atoms with E-state index < -0.39 is 0 Å². The Balaban J connectivity index is 1.52. The molecule has 7 nitrogen and oxygen atoms in total. The van der Waals surface area contributed by atoms with Crippen LogP contribution in [-0.2, 0) is 4.74 Å². The van der Waals surface area contributed by atoms with Crippen molar-refractivity contribution in [3.05, 3.63) is 29.4 Å². The van der Waals surface area contributed by atoms with E-state index in [-0.39, 0.29) is 18.0 Å². The highest BCUT2D eigenvalue weighted by atomic mass is 19.1. The SMILES string of the molecule is C=NC(C)=N/C=C(\C)COC1CCN([C@@H](C)c2nc3c(cc2F)OCCO3)CC1. The molecule has 2 aliphatic heterocycles. The first kappa shape index (κ1) is 21.4. The van der Waals surface area contributed by atoms with Crippen molar-refractivity contribution < 1.29 is 18.6 Å². The van der Waals surface area contributed by atoms with E-state index in [4.69, 9.17) is 14.2 Å². The second-order valence-electron chi connectivity index (χ2n) is 7.39. The van der Waals surface area contributed by atoms with Crippen LogP contribution in [0.15, 0.2) is 27.8 Å². The van der Waals surface area contributed by atoms with Gasteiger partial charge in [0.15, 0.2) is 5.75 Å². The molecule has 0 aliphatic carbocycles. The number of pyridine rings is 1. The number of aliphatic imine (C=N–C) groups is 2. The molecule has 2 aliphatic rings. The highest BCUT2D eigenvalue weighted by molar-refractivity contribution is 5.84. The lowest BCUT2D eigenvalue weighted by atomic mass is 10.0. The third-order valence-corrected chi connectivity index (χ3v) is 5.18. The smallest absolute Gasteiger partial charge is 0.257 e. The molecule has 1 fully saturated rings. The maximum absolute atomic E-state index is 14.5. The van der Waals surface area contributed by atoms with Gasteiger partial charge in [0.05, 0.1) is 24.4 Å². The lowest BCUT2D eigenvalue weighted by Crippen LogP contribution is -2.39. The number of halogens is 1. The van der Waals surface area contributed by atoms with Crippen LogP contribution in [0.25, 0.3) is 0 Å². The van der Waals surface area contributed by atoms with Crippen molar-refractivity contribution in [2.75, 3.05) is 32.9 Å². The van der Waals surface area contributed by atoms with Gasteiger partial charge < -0.3 is 14.2 Å². The number of rotatable bonds is 6. The summed E-state index contributed by atoms with van der Waals surface area (Å²) in [5, 5.41) is 0. The van der Waals surface area contributed by atoms with Crippen LogP contribution in [0, 0.1) is 5.82 Å². The van der Waals surface area contributed by atoms with Crippen LogP contribution in [0.5, 0.6) is 11.6 Å². The molecular formula is C21H29FN4O3. The van der Waals surface area contributed by atoms with Gasteiger partial charge in [-0.05, 0) is 45.9 Å². The summed E-state index contributed by atoms with van der Waals surface area (Å²) in [5.41, 5.74) is 1.43. The van der Waals surface area contributed by atoms with Crippen molar-refractivity contribution >= 4 is 12.6 Å². The Labute approximate surface area is 171 Å². The predicted molar refractivity (Wildman–Crippen MR) is 111 cm³/mol. The molecule has 29 heavy (non-hydrogen) atoms. The van der Waals surface area contributed by atoms with Gasteiger partial charge in [-0.1, -0.05) is 0 Å². The number of fused-ring (bicyclic) bond motifs is 1. The van der Waals surface area contributed by atoms with E-state index in [0.29, 0.717) is 43.0 Å². The van der Waals surface area contributed by atoms with E-state index in [2.05, 4.69) is 26.6 Å². The zero-order valence-corrected chi connectivity index (χ0v) is 17.4. The topological polar surface area (TPSA) is 68.5 Å². The third kappa shape index (κ3) is 5.61. The van der Waals surface area contributed by atoms with E-state index >= 15 is 0 Å². The van der Waals surface area contributed by atoms with E-state index in [9.17, 15) is 4.39 Å². The Morgan fingerprint density at radius 2 is 2.10 bits per heavy atom. The second kappa shape index (κ2) is 9.93. The average molecular weight is 404 g/mol. The van der Waals surface area contributed by atoms with Gasteiger partial charge in [-0.15, -0.1) is 0 Å². The summed E-state index contributed by atoms with van der Waals surface area (Å²) < 4.78 is 31.5. The van der Waals surface area contributed by atoms with E-state index in [1.165, 1.54) is 6.07 Å². The van der Waals surface area contributed by atoms with E-state index in [1.54, 1.807) is 13.1 Å². The van der Waals surface area contributed by atoms with Crippen LogP contribution >= 0.6 is 0 Å². The maximum atomic E-state index is 14.5. The van der Waals surface area contributed by atoms with E-state index in [0.717, 1.165) is 31.5 Å². The standard InChI is InChI=1S/C21H29FN4O3/c1-14(12-24-16(3)23-4)13-29-17-5-7-26(8-6-17)15(2)20-18(22)11-19-21(25-20)28-10-9-27-19/h11-12,15,17H,4-10,13H2,1-3H3/b14-12+,24-16?/t15-/m0/s1. The number of piperidine rings is 1. The van der Waals surface area contributed by atoms with Crippen molar-refractivity contribution in [2.24, 2.45) is 9.98 Å².